The van der Waals surface area contributed by atoms with Gasteiger partial charge in [-0.15, -0.1) is 4.33 Å². The lowest BCUT2D eigenvalue weighted by atomic mass is 10.1. The van der Waals surface area contributed by atoms with Crippen molar-refractivity contribution >= 4 is 98.4 Å². The zero-order chi connectivity index (χ0) is 37.8. The van der Waals surface area contributed by atoms with Crippen LogP contribution in [0.4, 0.5) is 40.9 Å². The van der Waals surface area contributed by atoms with Crippen LogP contribution < -0.4 is 21.7 Å². The van der Waals surface area contributed by atoms with Gasteiger partial charge in [0, 0.05) is 22.0 Å². The first-order chi connectivity index (χ1) is 25.4. The number of nitrogens with two attached hydrogens (primary N) is 1. The van der Waals surface area contributed by atoms with Crippen molar-refractivity contribution in [3.8, 4) is 0 Å². The molecule has 16 nitrogen and oxygen atoms in total. The highest BCUT2D eigenvalue weighted by Crippen LogP contribution is 2.31. The summed E-state index contributed by atoms with van der Waals surface area (Å²) in [6, 6.07) is 28.5. The Balaban J connectivity index is 0.000000300. The molecule has 0 aliphatic heterocycles. The van der Waals surface area contributed by atoms with Crippen LogP contribution in [0.1, 0.15) is 16.7 Å². The number of halogens is 2. The number of aryl methyl sites for hydroxylation is 1. The maximum absolute atomic E-state index is 11.8. The molecule has 0 saturated carbocycles. The molecule has 20 heteroatoms. The van der Waals surface area contributed by atoms with E-state index in [1.54, 1.807) is 43.3 Å². The Morgan fingerprint density at radius 2 is 1.23 bits per heavy atom. The number of aromatic nitrogens is 6. The minimum absolute atomic E-state index is 0.0279. The van der Waals surface area contributed by atoms with E-state index in [0.717, 1.165) is 11.4 Å². The molecule has 0 saturated heterocycles. The molecular formula is C33H28Cl2N10O6S2. The minimum atomic E-state index is -4.43. The van der Waals surface area contributed by atoms with Crippen molar-refractivity contribution in [2.45, 2.75) is 16.7 Å². The predicted octanol–water partition coefficient (Wildman–Crippen LogP) is 8.02. The highest BCUT2D eigenvalue weighted by Gasteiger charge is 2.15. The molecule has 0 atom stereocenters. The third-order valence-corrected chi connectivity index (χ3v) is 8.52. The molecule has 272 valence electrons. The van der Waals surface area contributed by atoms with Gasteiger partial charge in [-0.25, -0.2) is 5.26 Å². The van der Waals surface area contributed by atoms with Crippen molar-refractivity contribution in [2.24, 2.45) is 0 Å². The summed E-state index contributed by atoms with van der Waals surface area (Å²) in [4.78, 5) is 24.2. The zero-order valence-corrected chi connectivity index (χ0v) is 30.4. The van der Waals surface area contributed by atoms with Crippen molar-refractivity contribution in [2.75, 3.05) is 21.7 Å². The number of nitrogens with one attached hydrogen (secondary N) is 3. The summed E-state index contributed by atoms with van der Waals surface area (Å²) in [7, 11) is -4.43. The normalized spacial score (nSPS) is 11.1. The molecule has 0 fully saturated rings. The largest absolute Gasteiger partial charge is 0.368 e. The van der Waals surface area contributed by atoms with Crippen LogP contribution in [0.15, 0.2) is 107 Å². The molecule has 2 aromatic heterocycles. The van der Waals surface area contributed by atoms with Crippen LogP contribution in [0, 0.1) is 6.92 Å². The molecule has 0 amide bonds. The summed E-state index contributed by atoms with van der Waals surface area (Å²) in [5, 5.41) is 21.5. The third kappa shape index (κ3) is 12.1. The lowest BCUT2D eigenvalue weighted by Gasteiger charge is -2.11. The Morgan fingerprint density at radius 1 is 0.698 bits per heavy atom. The van der Waals surface area contributed by atoms with Crippen molar-refractivity contribution in [1.82, 2.24) is 29.9 Å². The topological polar surface area (TPSA) is 233 Å². The van der Waals surface area contributed by atoms with Crippen LogP contribution in [0.3, 0.4) is 0 Å². The average molecular weight is 796 g/mol. The minimum Gasteiger partial charge on any atom is -0.368 e. The molecular weight excluding hydrogens is 767 g/mol. The fraction of sp³-hybridized carbons (Fsp3) is 0.0303. The lowest BCUT2D eigenvalue weighted by Crippen LogP contribution is -2.04. The van der Waals surface area contributed by atoms with Gasteiger partial charge in [-0.2, -0.15) is 38.3 Å². The van der Waals surface area contributed by atoms with Crippen molar-refractivity contribution < 1.29 is 27.6 Å². The summed E-state index contributed by atoms with van der Waals surface area (Å²) in [6.45, 7) is 1.72. The highest BCUT2D eigenvalue weighted by atomic mass is 35.5. The van der Waals surface area contributed by atoms with Crippen LogP contribution in [0.25, 0.3) is 12.2 Å². The second-order valence-corrected chi connectivity index (χ2v) is 13.3. The van der Waals surface area contributed by atoms with Gasteiger partial charge in [0.2, 0.25) is 34.4 Å². The van der Waals surface area contributed by atoms with E-state index in [2.05, 4.69) is 55.2 Å². The van der Waals surface area contributed by atoms with Crippen LogP contribution in [0.5, 0.6) is 0 Å². The summed E-state index contributed by atoms with van der Waals surface area (Å²) in [5.41, 5.74) is 9.13. The summed E-state index contributed by atoms with van der Waals surface area (Å²) in [5.74, 6) is 0.823. The van der Waals surface area contributed by atoms with E-state index in [1.807, 2.05) is 60.7 Å². The van der Waals surface area contributed by atoms with Gasteiger partial charge in [-0.1, -0.05) is 71.8 Å². The smallest absolute Gasteiger partial charge is 0.295 e. The number of benzene rings is 4. The number of hydrogen-bond acceptors (Lipinski definition) is 16. The maximum atomic E-state index is 11.8. The molecule has 2 heterocycles. The van der Waals surface area contributed by atoms with Gasteiger partial charge in [0.05, 0.1) is 12.0 Å². The van der Waals surface area contributed by atoms with Crippen LogP contribution >= 0.6 is 35.2 Å². The van der Waals surface area contributed by atoms with Gasteiger partial charge in [-0.05, 0) is 89.3 Å². The molecule has 0 aliphatic rings. The second kappa shape index (κ2) is 18.4. The highest BCUT2D eigenvalue weighted by molar-refractivity contribution is 7.94. The van der Waals surface area contributed by atoms with Crippen molar-refractivity contribution in [3.63, 3.8) is 0 Å². The van der Waals surface area contributed by atoms with Crippen molar-refractivity contribution in [1.29, 1.82) is 0 Å². The molecule has 0 spiro atoms. The molecule has 53 heavy (non-hydrogen) atoms. The average Bonchev–Trinajstić information content (AvgIpc) is 3.11. The van der Waals surface area contributed by atoms with E-state index in [1.165, 1.54) is 12.1 Å². The number of hydrogen-bond donors (Lipinski definition) is 6. The molecule has 6 aromatic rings. The lowest BCUT2D eigenvalue weighted by molar-refractivity contribution is -0.432. The molecule has 7 N–H and O–H groups in total. The van der Waals surface area contributed by atoms with Gasteiger partial charge < -0.3 is 21.7 Å². The Labute approximate surface area is 317 Å². The van der Waals surface area contributed by atoms with Crippen LogP contribution in [0.2, 0.25) is 10.6 Å². The number of nitrogen functional groups attached to an aromatic ring is 1. The van der Waals surface area contributed by atoms with Crippen molar-refractivity contribution in [3.05, 3.63) is 124 Å². The Hall–Kier alpha value is -5.44. The van der Waals surface area contributed by atoms with E-state index in [4.69, 9.17) is 34.2 Å². The summed E-state index contributed by atoms with van der Waals surface area (Å²) >= 11 is 12.4. The molecule has 0 radical (unpaired) electrons. The van der Waals surface area contributed by atoms with Gasteiger partial charge in [0.25, 0.3) is 10.1 Å². The standard InChI is InChI=1S/C24H20ClN5O6S2.C9H8ClN5/c1-15-7-8-17(21(13-15)38(32,33)34)10-9-16-11-12-19(14-20(16)37-36-35-31)27-24-29-22(25)28-23(30-24)26-18-5-3-2-4-6-18;10-7-13-8(11)15-9(14-7)12-6-4-2-1-3-5-6/h2-14,31H,1H3,(H,32,33,34)(H2,26,27,28,29,30);1-5H,(H3,11,12,13,14,15)/b10-9+;. The first-order valence-electron chi connectivity index (χ1n) is 15.0. The quantitative estimate of drug-likeness (QED) is 0.0226. The number of rotatable bonds is 12. The monoisotopic (exact) mass is 794 g/mol. The first-order valence-corrected chi connectivity index (χ1v) is 17.9. The van der Waals surface area contributed by atoms with E-state index in [9.17, 15) is 13.0 Å². The predicted molar refractivity (Wildman–Crippen MR) is 204 cm³/mol. The number of para-hydroxylation sites is 2. The SMILES string of the molecule is Cc1ccc(/C=C/c2ccc(Nc3nc(Cl)nc(Nc4ccccc4)n3)cc2SOOO)c(S(=O)(=O)O)c1.Nc1nc(Cl)nc(Nc2ccccc2)n1. The zero-order valence-electron chi connectivity index (χ0n) is 27.3. The van der Waals surface area contributed by atoms with Crippen LogP contribution in [-0.2, 0) is 19.5 Å². The van der Waals surface area contributed by atoms with E-state index in [0.29, 0.717) is 39.7 Å². The first kappa shape index (κ1) is 38.8. The van der Waals surface area contributed by atoms with E-state index >= 15 is 0 Å². The van der Waals surface area contributed by atoms with Crippen LogP contribution in [-0.4, -0.2) is 48.1 Å². The number of nitrogens with zero attached hydrogens (tertiary/aromatic N) is 6. The molecule has 0 bridgehead atoms. The maximum Gasteiger partial charge on any atom is 0.295 e. The molecule has 0 aliphatic carbocycles. The Kier molecular flexibility index (Phi) is 13.4. The Morgan fingerprint density at radius 3 is 1.79 bits per heavy atom. The van der Waals surface area contributed by atoms with Gasteiger partial charge in [0.15, 0.2) is 0 Å². The van der Waals surface area contributed by atoms with Gasteiger partial charge in [-0.3, -0.25) is 4.55 Å². The molecule has 4 aromatic carbocycles. The van der Waals surface area contributed by atoms with Gasteiger partial charge >= 0.3 is 0 Å². The van der Waals surface area contributed by atoms with E-state index in [-0.39, 0.29) is 38.9 Å². The molecule has 0 unspecified atom stereocenters. The fourth-order valence-electron chi connectivity index (χ4n) is 4.37. The van der Waals surface area contributed by atoms with Gasteiger partial charge in [0.1, 0.15) is 4.90 Å². The molecule has 6 rings (SSSR count). The Bertz CT molecular complexity index is 2290. The summed E-state index contributed by atoms with van der Waals surface area (Å²) in [6.07, 6.45) is 3.15. The third-order valence-electron chi connectivity index (χ3n) is 6.61. The number of anilines is 7. The fourth-order valence-corrected chi connectivity index (χ4v) is 5.98. The second-order valence-electron chi connectivity index (χ2n) is 10.5. The van der Waals surface area contributed by atoms with E-state index < -0.39 is 10.1 Å². The summed E-state index contributed by atoms with van der Waals surface area (Å²) < 4.78 is 37.8.